The van der Waals surface area contributed by atoms with E-state index in [1.165, 1.54) is 28.7 Å². The lowest BCUT2D eigenvalue weighted by atomic mass is 10.1. The molecule has 1 aromatic carbocycles. The van der Waals surface area contributed by atoms with Crippen LogP contribution in [0.3, 0.4) is 0 Å². The average Bonchev–Trinajstić information content (AvgIpc) is 3.32. The number of thiophene rings is 1. The van der Waals surface area contributed by atoms with E-state index in [-0.39, 0.29) is 29.2 Å². The Morgan fingerprint density at radius 3 is 2.63 bits per heavy atom. The van der Waals surface area contributed by atoms with Crippen molar-refractivity contribution in [3.05, 3.63) is 57.2 Å². The van der Waals surface area contributed by atoms with Gasteiger partial charge in [0.1, 0.15) is 4.70 Å². The third-order valence-corrected chi connectivity index (χ3v) is 7.65. The average molecular weight is 515 g/mol. The number of amides is 2. The number of hydrogen-bond acceptors (Lipinski definition) is 6. The first-order valence-corrected chi connectivity index (χ1v) is 14.0. The molecule has 0 saturated heterocycles. The molecule has 0 saturated carbocycles. The number of fused-ring (bicyclic) bond motifs is 1. The number of carbonyl (C=O) groups is 2. The first kappa shape index (κ1) is 26.9. The summed E-state index contributed by atoms with van der Waals surface area (Å²) in [4.78, 5) is 42.1. The summed E-state index contributed by atoms with van der Waals surface area (Å²) in [6.07, 6.45) is 3.66. The number of unbranched alkanes of at least 4 members (excludes halogenated alkanes) is 2. The normalized spacial score (nSPS) is 12.0. The highest BCUT2D eigenvalue weighted by atomic mass is 32.2. The molecule has 9 heteroatoms. The quantitative estimate of drug-likeness (QED) is 0.197. The van der Waals surface area contributed by atoms with Gasteiger partial charge in [0.25, 0.3) is 5.56 Å². The zero-order chi connectivity index (χ0) is 25.2. The first-order valence-electron chi connectivity index (χ1n) is 12.1. The Kier molecular flexibility index (Phi) is 10.3. The van der Waals surface area contributed by atoms with E-state index < -0.39 is 0 Å². The van der Waals surface area contributed by atoms with Crippen molar-refractivity contribution in [2.45, 2.75) is 77.2 Å². The molecule has 0 spiro atoms. The van der Waals surface area contributed by atoms with Gasteiger partial charge in [-0.1, -0.05) is 54.9 Å². The van der Waals surface area contributed by atoms with Crippen molar-refractivity contribution in [2.75, 3.05) is 5.75 Å². The van der Waals surface area contributed by atoms with Crippen molar-refractivity contribution in [3.8, 4) is 0 Å². The lowest BCUT2D eigenvalue weighted by Gasteiger charge is -2.13. The van der Waals surface area contributed by atoms with Crippen molar-refractivity contribution in [2.24, 2.45) is 0 Å². The van der Waals surface area contributed by atoms with Crippen LogP contribution in [-0.2, 0) is 22.7 Å². The second-order valence-electron chi connectivity index (χ2n) is 8.72. The number of thioether (sulfide) groups is 1. The van der Waals surface area contributed by atoms with Gasteiger partial charge in [0.2, 0.25) is 11.8 Å². The minimum absolute atomic E-state index is 0.0352. The molecule has 0 fully saturated rings. The van der Waals surface area contributed by atoms with Gasteiger partial charge in [0.15, 0.2) is 5.16 Å². The number of carbonyl (C=O) groups excluding carboxylic acids is 2. The monoisotopic (exact) mass is 514 g/mol. The number of aryl methyl sites for hydroxylation is 1. The first-order chi connectivity index (χ1) is 16.9. The third-order valence-electron chi connectivity index (χ3n) is 5.78. The standard InChI is InChI=1S/C26H34N4O3S2/c1-4-19(3)28-23(32)17-35-26-29-21-13-15-34-24(21)25(33)30(26)14-7-5-6-8-22(31)27-16-20-11-9-18(2)10-12-20/h9-13,15,19H,4-8,14,16-17H2,1-3H3,(H,27,31)(H,28,32)/t19-/m0/s1. The fourth-order valence-corrected chi connectivity index (χ4v) is 5.12. The maximum Gasteiger partial charge on any atom is 0.272 e. The smallest absolute Gasteiger partial charge is 0.272 e. The van der Waals surface area contributed by atoms with Gasteiger partial charge < -0.3 is 10.6 Å². The van der Waals surface area contributed by atoms with E-state index in [0.717, 1.165) is 31.2 Å². The predicted molar refractivity (Wildman–Crippen MR) is 144 cm³/mol. The molecule has 3 rings (SSSR count). The van der Waals surface area contributed by atoms with Crippen LogP contribution in [0.1, 0.15) is 57.1 Å². The Labute approximate surface area is 214 Å². The lowest BCUT2D eigenvalue weighted by molar-refractivity contribution is -0.121. The minimum Gasteiger partial charge on any atom is -0.353 e. The van der Waals surface area contributed by atoms with E-state index in [9.17, 15) is 14.4 Å². The van der Waals surface area contributed by atoms with Crippen LogP contribution in [0.4, 0.5) is 0 Å². The van der Waals surface area contributed by atoms with Crippen LogP contribution in [0.25, 0.3) is 10.2 Å². The molecule has 0 aliphatic carbocycles. The molecule has 0 radical (unpaired) electrons. The van der Waals surface area contributed by atoms with E-state index in [0.29, 0.717) is 34.9 Å². The largest absolute Gasteiger partial charge is 0.353 e. The highest BCUT2D eigenvalue weighted by molar-refractivity contribution is 7.99. The third kappa shape index (κ3) is 8.21. The van der Waals surface area contributed by atoms with Crippen LogP contribution in [0, 0.1) is 6.92 Å². The summed E-state index contributed by atoms with van der Waals surface area (Å²) in [5.74, 6) is 0.188. The number of hydrogen-bond donors (Lipinski definition) is 2. The number of nitrogens with one attached hydrogen (secondary N) is 2. The molecule has 2 amide bonds. The van der Waals surface area contributed by atoms with Crippen LogP contribution < -0.4 is 16.2 Å². The lowest BCUT2D eigenvalue weighted by Crippen LogP contribution is -2.33. The Bertz CT molecular complexity index is 1190. The van der Waals surface area contributed by atoms with Crippen LogP contribution in [0.5, 0.6) is 0 Å². The Morgan fingerprint density at radius 1 is 1.11 bits per heavy atom. The summed E-state index contributed by atoms with van der Waals surface area (Å²) in [5.41, 5.74) is 2.89. The van der Waals surface area contributed by atoms with Gasteiger partial charge >= 0.3 is 0 Å². The number of aromatic nitrogens is 2. The van der Waals surface area contributed by atoms with Crippen LogP contribution in [0.2, 0.25) is 0 Å². The molecule has 0 bridgehead atoms. The van der Waals surface area contributed by atoms with E-state index in [2.05, 4.69) is 15.6 Å². The summed E-state index contributed by atoms with van der Waals surface area (Å²) < 4.78 is 2.31. The molecule has 0 unspecified atom stereocenters. The highest BCUT2D eigenvalue weighted by Crippen LogP contribution is 2.21. The van der Waals surface area contributed by atoms with E-state index in [1.807, 2.05) is 56.5 Å². The van der Waals surface area contributed by atoms with Crippen molar-refractivity contribution >= 4 is 45.1 Å². The van der Waals surface area contributed by atoms with Gasteiger partial charge in [0, 0.05) is 25.6 Å². The summed E-state index contributed by atoms with van der Waals surface area (Å²) in [5, 5.41) is 8.34. The predicted octanol–water partition coefficient (Wildman–Crippen LogP) is 4.65. The van der Waals surface area contributed by atoms with Crippen molar-refractivity contribution in [1.82, 2.24) is 20.2 Å². The van der Waals surface area contributed by atoms with Crippen molar-refractivity contribution in [1.29, 1.82) is 0 Å². The maximum absolute atomic E-state index is 13.0. The number of nitrogens with zero attached hydrogens (tertiary/aromatic N) is 2. The van der Waals surface area contributed by atoms with Crippen molar-refractivity contribution < 1.29 is 9.59 Å². The van der Waals surface area contributed by atoms with Gasteiger partial charge in [-0.3, -0.25) is 19.0 Å². The summed E-state index contributed by atoms with van der Waals surface area (Å²) in [6, 6.07) is 10.1. The fourth-order valence-electron chi connectivity index (χ4n) is 3.51. The Morgan fingerprint density at radius 2 is 1.89 bits per heavy atom. The van der Waals surface area contributed by atoms with Crippen LogP contribution >= 0.6 is 23.1 Å². The number of benzene rings is 1. The van der Waals surface area contributed by atoms with Crippen LogP contribution in [0.15, 0.2) is 45.7 Å². The molecule has 0 aliphatic rings. The number of rotatable bonds is 13. The molecular formula is C26H34N4O3S2. The molecule has 2 heterocycles. The minimum atomic E-state index is -0.0642. The van der Waals surface area contributed by atoms with Gasteiger partial charge in [-0.15, -0.1) is 11.3 Å². The second kappa shape index (κ2) is 13.4. The van der Waals surface area contributed by atoms with Gasteiger partial charge in [0.05, 0.1) is 11.3 Å². The molecule has 7 nitrogen and oxygen atoms in total. The molecule has 188 valence electrons. The molecule has 2 N–H and O–H groups in total. The van der Waals surface area contributed by atoms with Gasteiger partial charge in [-0.25, -0.2) is 4.98 Å². The van der Waals surface area contributed by atoms with Gasteiger partial charge in [-0.2, -0.15) is 0 Å². The molecular weight excluding hydrogens is 480 g/mol. The Hall–Kier alpha value is -2.65. The van der Waals surface area contributed by atoms with E-state index in [4.69, 9.17) is 0 Å². The maximum atomic E-state index is 13.0. The summed E-state index contributed by atoms with van der Waals surface area (Å²) in [7, 11) is 0. The van der Waals surface area contributed by atoms with Gasteiger partial charge in [-0.05, 0) is 50.1 Å². The zero-order valence-corrected chi connectivity index (χ0v) is 22.3. The second-order valence-corrected chi connectivity index (χ2v) is 10.6. The SMILES string of the molecule is CC[C@H](C)NC(=O)CSc1nc2ccsc2c(=O)n1CCCCCC(=O)NCc1ccc(C)cc1. The zero-order valence-electron chi connectivity index (χ0n) is 20.6. The molecule has 3 aromatic rings. The fraction of sp³-hybridized carbons (Fsp3) is 0.462. The molecule has 1 atom stereocenters. The Balaban J connectivity index is 1.50. The van der Waals surface area contributed by atoms with Crippen molar-refractivity contribution in [3.63, 3.8) is 0 Å². The topological polar surface area (TPSA) is 93.1 Å². The highest BCUT2D eigenvalue weighted by Gasteiger charge is 2.15. The summed E-state index contributed by atoms with van der Waals surface area (Å²) >= 11 is 2.68. The molecule has 35 heavy (non-hydrogen) atoms. The summed E-state index contributed by atoms with van der Waals surface area (Å²) in [6.45, 7) is 7.08. The van der Waals surface area contributed by atoms with E-state index in [1.54, 1.807) is 4.57 Å². The molecule has 0 aliphatic heterocycles. The van der Waals surface area contributed by atoms with Crippen LogP contribution in [-0.4, -0.2) is 33.2 Å². The molecule has 2 aromatic heterocycles. The van der Waals surface area contributed by atoms with E-state index >= 15 is 0 Å².